The number of anilines is 2. The Morgan fingerprint density at radius 1 is 1.33 bits per heavy atom. The van der Waals surface area contributed by atoms with Crippen LogP contribution >= 0.6 is 0 Å². The van der Waals surface area contributed by atoms with Gasteiger partial charge in [0.05, 0.1) is 18.4 Å². The van der Waals surface area contributed by atoms with E-state index in [1.807, 2.05) is 18.3 Å². The largest absolute Gasteiger partial charge is 0.370 e. The molecular weight excluding hydrogens is 228 g/mol. The third kappa shape index (κ3) is 3.43. The quantitative estimate of drug-likeness (QED) is 0.841. The standard InChI is InChI=1S/C13H20N4O/c1-14-10-13(18)16-12-6-5-11(9-15-12)17-7-3-2-4-8-17/h5-6,9,14H,2-4,7-8,10H2,1H3,(H,15,16,18). The molecule has 1 fully saturated rings. The summed E-state index contributed by atoms with van der Waals surface area (Å²) in [6, 6.07) is 3.88. The normalized spacial score (nSPS) is 15.5. The number of nitrogens with one attached hydrogen (secondary N) is 2. The van der Waals surface area contributed by atoms with Crippen LogP contribution in [0.4, 0.5) is 11.5 Å². The molecule has 2 N–H and O–H groups in total. The molecule has 5 nitrogen and oxygen atoms in total. The van der Waals surface area contributed by atoms with Crippen molar-refractivity contribution in [3.05, 3.63) is 18.3 Å². The molecule has 1 aliphatic heterocycles. The number of hydrogen-bond acceptors (Lipinski definition) is 4. The van der Waals surface area contributed by atoms with Crippen molar-refractivity contribution < 1.29 is 4.79 Å². The van der Waals surface area contributed by atoms with Crippen LogP contribution in [0.1, 0.15) is 19.3 Å². The third-order valence-electron chi connectivity index (χ3n) is 3.07. The third-order valence-corrected chi connectivity index (χ3v) is 3.07. The summed E-state index contributed by atoms with van der Waals surface area (Å²) in [5.74, 6) is 0.534. The van der Waals surface area contributed by atoms with Crippen molar-refractivity contribution in [3.8, 4) is 0 Å². The highest BCUT2D eigenvalue weighted by Crippen LogP contribution is 2.19. The maximum absolute atomic E-state index is 11.4. The van der Waals surface area contributed by atoms with E-state index in [9.17, 15) is 4.79 Å². The van der Waals surface area contributed by atoms with Crippen molar-refractivity contribution in [2.75, 3.05) is 36.9 Å². The van der Waals surface area contributed by atoms with E-state index in [0.29, 0.717) is 12.4 Å². The molecule has 0 atom stereocenters. The van der Waals surface area contributed by atoms with Gasteiger partial charge in [-0.15, -0.1) is 0 Å². The number of likely N-dealkylation sites (N-methyl/N-ethyl adjacent to an activating group) is 1. The summed E-state index contributed by atoms with van der Waals surface area (Å²) in [6.07, 6.45) is 5.66. The average molecular weight is 248 g/mol. The summed E-state index contributed by atoms with van der Waals surface area (Å²) in [5, 5.41) is 5.54. The monoisotopic (exact) mass is 248 g/mol. The highest BCUT2D eigenvalue weighted by atomic mass is 16.1. The molecule has 1 aromatic heterocycles. The molecule has 0 bridgehead atoms. The van der Waals surface area contributed by atoms with Crippen LogP contribution in [0.3, 0.4) is 0 Å². The highest BCUT2D eigenvalue weighted by molar-refractivity contribution is 5.91. The zero-order valence-corrected chi connectivity index (χ0v) is 10.8. The van der Waals surface area contributed by atoms with Crippen LogP contribution in [0.15, 0.2) is 18.3 Å². The van der Waals surface area contributed by atoms with Gasteiger partial charge in [-0.05, 0) is 38.4 Å². The second-order valence-electron chi connectivity index (χ2n) is 4.53. The summed E-state index contributed by atoms with van der Waals surface area (Å²) in [6.45, 7) is 2.51. The lowest BCUT2D eigenvalue weighted by Gasteiger charge is -2.28. The summed E-state index contributed by atoms with van der Waals surface area (Å²) in [7, 11) is 1.74. The molecule has 1 aromatic rings. The summed E-state index contributed by atoms with van der Waals surface area (Å²) in [4.78, 5) is 18.0. The van der Waals surface area contributed by atoms with Crippen LogP contribution in [0.5, 0.6) is 0 Å². The fraction of sp³-hybridized carbons (Fsp3) is 0.538. The SMILES string of the molecule is CNCC(=O)Nc1ccc(N2CCCCC2)cn1. The van der Waals surface area contributed by atoms with Gasteiger partial charge in [0.1, 0.15) is 5.82 Å². The number of hydrogen-bond donors (Lipinski definition) is 2. The minimum absolute atomic E-state index is 0.0734. The number of amides is 1. The molecule has 1 amide bonds. The molecule has 2 heterocycles. The number of aromatic nitrogens is 1. The average Bonchev–Trinajstić information content (AvgIpc) is 2.41. The predicted molar refractivity (Wildman–Crippen MR) is 72.9 cm³/mol. The van der Waals surface area contributed by atoms with E-state index in [4.69, 9.17) is 0 Å². The molecule has 98 valence electrons. The Balaban J connectivity index is 1.94. The van der Waals surface area contributed by atoms with Crippen LogP contribution in [0.2, 0.25) is 0 Å². The van der Waals surface area contributed by atoms with Crippen molar-refractivity contribution in [1.29, 1.82) is 0 Å². The first-order valence-corrected chi connectivity index (χ1v) is 6.45. The van der Waals surface area contributed by atoms with Crippen molar-refractivity contribution in [1.82, 2.24) is 10.3 Å². The Morgan fingerprint density at radius 2 is 2.11 bits per heavy atom. The van der Waals surface area contributed by atoms with E-state index in [2.05, 4.69) is 20.5 Å². The number of pyridine rings is 1. The van der Waals surface area contributed by atoms with Gasteiger partial charge < -0.3 is 15.5 Å². The number of nitrogens with zero attached hydrogens (tertiary/aromatic N) is 2. The summed E-state index contributed by atoms with van der Waals surface area (Å²) >= 11 is 0. The first kappa shape index (κ1) is 12.8. The maximum atomic E-state index is 11.4. The molecule has 1 saturated heterocycles. The summed E-state index contributed by atoms with van der Waals surface area (Å²) < 4.78 is 0. The van der Waals surface area contributed by atoms with E-state index in [-0.39, 0.29) is 5.91 Å². The zero-order chi connectivity index (χ0) is 12.8. The van der Waals surface area contributed by atoms with E-state index in [0.717, 1.165) is 18.8 Å². The molecular formula is C13H20N4O. The molecule has 0 unspecified atom stereocenters. The van der Waals surface area contributed by atoms with Gasteiger partial charge in [-0.1, -0.05) is 0 Å². The maximum Gasteiger partial charge on any atom is 0.239 e. The molecule has 5 heteroatoms. The topological polar surface area (TPSA) is 57.3 Å². The van der Waals surface area contributed by atoms with Crippen LogP contribution in [-0.4, -0.2) is 37.6 Å². The van der Waals surface area contributed by atoms with Crippen LogP contribution < -0.4 is 15.5 Å². The Labute approximate surface area is 108 Å². The molecule has 0 spiro atoms. The Kier molecular flexibility index (Phi) is 4.52. The predicted octanol–water partition coefficient (Wildman–Crippen LogP) is 1.23. The fourth-order valence-electron chi connectivity index (χ4n) is 2.15. The number of rotatable bonds is 4. The first-order valence-electron chi connectivity index (χ1n) is 6.45. The van der Waals surface area contributed by atoms with Gasteiger partial charge in [-0.3, -0.25) is 4.79 Å². The van der Waals surface area contributed by atoms with E-state index >= 15 is 0 Å². The molecule has 0 aliphatic carbocycles. The second-order valence-corrected chi connectivity index (χ2v) is 4.53. The fourth-order valence-corrected chi connectivity index (χ4v) is 2.15. The van der Waals surface area contributed by atoms with Gasteiger partial charge in [0.2, 0.25) is 5.91 Å². The molecule has 2 rings (SSSR count). The molecule has 0 saturated carbocycles. The zero-order valence-electron chi connectivity index (χ0n) is 10.8. The van der Waals surface area contributed by atoms with Crippen molar-refractivity contribution in [2.45, 2.75) is 19.3 Å². The lowest BCUT2D eigenvalue weighted by atomic mass is 10.1. The number of carbonyl (C=O) groups excluding carboxylic acids is 1. The minimum Gasteiger partial charge on any atom is -0.370 e. The van der Waals surface area contributed by atoms with E-state index < -0.39 is 0 Å². The first-order chi connectivity index (χ1) is 8.79. The van der Waals surface area contributed by atoms with Crippen molar-refractivity contribution in [3.63, 3.8) is 0 Å². The molecule has 18 heavy (non-hydrogen) atoms. The number of carbonyl (C=O) groups is 1. The van der Waals surface area contributed by atoms with Gasteiger partial charge in [-0.2, -0.15) is 0 Å². The Bertz CT molecular complexity index is 384. The van der Waals surface area contributed by atoms with Crippen LogP contribution in [0, 0.1) is 0 Å². The van der Waals surface area contributed by atoms with Crippen LogP contribution in [0.25, 0.3) is 0 Å². The van der Waals surface area contributed by atoms with Gasteiger partial charge in [-0.25, -0.2) is 4.98 Å². The van der Waals surface area contributed by atoms with Gasteiger partial charge >= 0.3 is 0 Å². The van der Waals surface area contributed by atoms with E-state index in [1.165, 1.54) is 19.3 Å². The highest BCUT2D eigenvalue weighted by Gasteiger charge is 2.11. The Hall–Kier alpha value is -1.62. The lowest BCUT2D eigenvalue weighted by Crippen LogP contribution is -2.29. The summed E-state index contributed by atoms with van der Waals surface area (Å²) in [5.41, 5.74) is 1.14. The van der Waals surface area contributed by atoms with Gasteiger partial charge in [0.25, 0.3) is 0 Å². The van der Waals surface area contributed by atoms with E-state index in [1.54, 1.807) is 7.05 Å². The number of piperidine rings is 1. The molecule has 0 aromatic carbocycles. The lowest BCUT2D eigenvalue weighted by molar-refractivity contribution is -0.115. The molecule has 1 aliphatic rings. The van der Waals surface area contributed by atoms with Crippen molar-refractivity contribution >= 4 is 17.4 Å². The second kappa shape index (κ2) is 6.35. The van der Waals surface area contributed by atoms with Gasteiger partial charge in [0, 0.05) is 13.1 Å². The van der Waals surface area contributed by atoms with Crippen LogP contribution in [-0.2, 0) is 4.79 Å². The van der Waals surface area contributed by atoms with Gasteiger partial charge in [0.15, 0.2) is 0 Å². The Morgan fingerprint density at radius 3 is 2.72 bits per heavy atom. The minimum atomic E-state index is -0.0734. The van der Waals surface area contributed by atoms with Crippen molar-refractivity contribution in [2.24, 2.45) is 0 Å². The molecule has 0 radical (unpaired) electrons. The smallest absolute Gasteiger partial charge is 0.239 e.